The van der Waals surface area contributed by atoms with Crippen LogP contribution in [-0.2, 0) is 4.79 Å². The molecule has 0 spiro atoms. The van der Waals surface area contributed by atoms with Gasteiger partial charge in [0.05, 0.1) is 29.2 Å². The van der Waals surface area contributed by atoms with Gasteiger partial charge in [0, 0.05) is 43.5 Å². The van der Waals surface area contributed by atoms with Crippen LogP contribution < -0.4 is 25.8 Å². The van der Waals surface area contributed by atoms with E-state index in [0.29, 0.717) is 53.9 Å². The SMILES string of the molecule is CNC(=O)N1CC(C#Cc2cnc(OC[C@@H]3CCC(=O)N3)c3cc(OC(C)C)c(C(N)=O)cc23)C1. The van der Waals surface area contributed by atoms with Gasteiger partial charge in [0.25, 0.3) is 5.91 Å². The van der Waals surface area contributed by atoms with Crippen LogP contribution in [0.25, 0.3) is 10.8 Å². The maximum Gasteiger partial charge on any atom is 0.317 e. The minimum atomic E-state index is -0.616. The molecule has 2 aliphatic rings. The Morgan fingerprint density at radius 2 is 2.09 bits per heavy atom. The first kappa shape index (κ1) is 24.1. The quantitative estimate of drug-likeness (QED) is 0.536. The number of ether oxygens (including phenoxy) is 2. The van der Waals surface area contributed by atoms with Crippen molar-refractivity contribution in [3.8, 4) is 23.5 Å². The van der Waals surface area contributed by atoms with Crippen LogP contribution in [0.5, 0.6) is 11.6 Å². The van der Waals surface area contributed by atoms with Crippen molar-refractivity contribution < 1.29 is 23.9 Å². The Labute approximate surface area is 203 Å². The summed E-state index contributed by atoms with van der Waals surface area (Å²) in [6.07, 6.45) is 2.59. The molecule has 1 aromatic carbocycles. The van der Waals surface area contributed by atoms with E-state index in [9.17, 15) is 14.4 Å². The predicted molar refractivity (Wildman–Crippen MR) is 129 cm³/mol. The Bertz CT molecular complexity index is 1230. The Balaban J connectivity index is 1.68. The topological polar surface area (TPSA) is 136 Å². The number of nitrogens with two attached hydrogens (primary N) is 1. The molecule has 0 bridgehead atoms. The van der Waals surface area contributed by atoms with Gasteiger partial charge in [-0.05, 0) is 32.4 Å². The van der Waals surface area contributed by atoms with Gasteiger partial charge in [-0.2, -0.15) is 0 Å². The lowest BCUT2D eigenvalue weighted by Gasteiger charge is -2.35. The minimum absolute atomic E-state index is 0.00624. The number of rotatable bonds is 6. The molecule has 1 atom stereocenters. The number of fused-ring (bicyclic) bond motifs is 1. The van der Waals surface area contributed by atoms with Crippen LogP contribution in [0.4, 0.5) is 4.79 Å². The zero-order valence-corrected chi connectivity index (χ0v) is 20.0. The van der Waals surface area contributed by atoms with Crippen LogP contribution in [0.1, 0.15) is 42.6 Å². The molecule has 4 N–H and O–H groups in total. The molecule has 35 heavy (non-hydrogen) atoms. The highest BCUT2D eigenvalue weighted by molar-refractivity contribution is 6.03. The lowest BCUT2D eigenvalue weighted by molar-refractivity contribution is -0.119. The number of likely N-dealkylation sites (tertiary alicyclic amines) is 1. The van der Waals surface area contributed by atoms with Gasteiger partial charge in [0.1, 0.15) is 12.4 Å². The molecular formula is C25H29N5O5. The Hall–Kier alpha value is -4.00. The van der Waals surface area contributed by atoms with Gasteiger partial charge in [-0.15, -0.1) is 0 Å². The van der Waals surface area contributed by atoms with Crippen molar-refractivity contribution in [2.75, 3.05) is 26.7 Å². The first-order chi connectivity index (χ1) is 16.7. The van der Waals surface area contributed by atoms with Crippen LogP contribution in [0.15, 0.2) is 18.3 Å². The number of nitrogens with zero attached hydrogens (tertiary/aromatic N) is 2. The van der Waals surface area contributed by atoms with E-state index < -0.39 is 5.91 Å². The zero-order chi connectivity index (χ0) is 25.1. The number of hydrogen-bond donors (Lipinski definition) is 3. The van der Waals surface area contributed by atoms with Crippen LogP contribution in [-0.4, -0.2) is 66.6 Å². The van der Waals surface area contributed by atoms with Gasteiger partial charge in [0.2, 0.25) is 11.8 Å². The summed E-state index contributed by atoms with van der Waals surface area (Å²) in [7, 11) is 1.59. The van der Waals surface area contributed by atoms with Crippen LogP contribution in [0.3, 0.4) is 0 Å². The van der Waals surface area contributed by atoms with Gasteiger partial charge in [-0.3, -0.25) is 9.59 Å². The van der Waals surface area contributed by atoms with Crippen molar-refractivity contribution in [1.29, 1.82) is 0 Å². The molecule has 0 saturated carbocycles. The number of primary amides is 1. The van der Waals surface area contributed by atoms with Gasteiger partial charge < -0.3 is 30.7 Å². The second-order valence-electron chi connectivity index (χ2n) is 8.94. The smallest absolute Gasteiger partial charge is 0.317 e. The highest BCUT2D eigenvalue weighted by Crippen LogP contribution is 2.33. The highest BCUT2D eigenvalue weighted by atomic mass is 16.5. The fourth-order valence-corrected chi connectivity index (χ4v) is 4.06. The van der Waals surface area contributed by atoms with Crippen LogP contribution >= 0.6 is 0 Å². The van der Waals surface area contributed by atoms with Gasteiger partial charge in [0.15, 0.2) is 0 Å². The fraction of sp³-hybridized carbons (Fsp3) is 0.440. The van der Waals surface area contributed by atoms with E-state index in [1.165, 1.54) is 0 Å². The predicted octanol–water partition coefficient (Wildman–Crippen LogP) is 1.40. The van der Waals surface area contributed by atoms with E-state index in [2.05, 4.69) is 27.5 Å². The molecule has 2 aromatic rings. The summed E-state index contributed by atoms with van der Waals surface area (Å²) in [6, 6.07) is 3.14. The van der Waals surface area contributed by atoms with Crippen LogP contribution in [0, 0.1) is 17.8 Å². The third kappa shape index (κ3) is 5.40. The average Bonchev–Trinajstić information content (AvgIpc) is 3.20. The Kier molecular flexibility index (Phi) is 6.96. The Morgan fingerprint density at radius 1 is 1.31 bits per heavy atom. The summed E-state index contributed by atoms with van der Waals surface area (Å²) in [5, 5.41) is 6.76. The Morgan fingerprint density at radius 3 is 2.71 bits per heavy atom. The molecule has 4 amide bonds. The monoisotopic (exact) mass is 479 g/mol. The standard InChI is InChI=1S/C25H29N5O5/c1-14(2)35-21-9-19-18(8-20(21)23(26)32)16(5-4-15-11-30(12-15)25(33)27-3)10-28-24(19)34-13-17-6-7-22(31)29-17/h8-10,14-15,17H,6-7,11-13H2,1-3H3,(H2,26,32)(H,27,33)(H,29,31)/t17-/m0/s1. The normalized spacial score (nSPS) is 17.4. The third-order valence-electron chi connectivity index (χ3n) is 5.88. The number of aromatic nitrogens is 1. The molecule has 184 valence electrons. The molecule has 10 heteroatoms. The van der Waals surface area contributed by atoms with E-state index >= 15 is 0 Å². The second-order valence-corrected chi connectivity index (χ2v) is 8.94. The zero-order valence-electron chi connectivity index (χ0n) is 20.0. The maximum atomic E-state index is 12.2. The number of nitrogens with one attached hydrogen (secondary N) is 2. The number of hydrogen-bond acceptors (Lipinski definition) is 6. The lowest BCUT2D eigenvalue weighted by Crippen LogP contribution is -2.52. The summed E-state index contributed by atoms with van der Waals surface area (Å²) in [4.78, 5) is 41.5. The largest absolute Gasteiger partial charge is 0.490 e. The third-order valence-corrected chi connectivity index (χ3v) is 5.88. The molecule has 4 rings (SSSR count). The molecule has 2 aliphatic heterocycles. The molecule has 1 aromatic heterocycles. The highest BCUT2D eigenvalue weighted by Gasteiger charge is 2.28. The molecule has 3 heterocycles. The summed E-state index contributed by atoms with van der Waals surface area (Å²) in [5.41, 5.74) is 6.50. The van der Waals surface area contributed by atoms with E-state index in [-0.39, 0.29) is 42.2 Å². The van der Waals surface area contributed by atoms with E-state index in [0.717, 1.165) is 0 Å². The lowest BCUT2D eigenvalue weighted by atomic mass is 9.99. The summed E-state index contributed by atoms with van der Waals surface area (Å²) in [6.45, 7) is 5.08. The summed E-state index contributed by atoms with van der Waals surface area (Å²) < 4.78 is 11.8. The van der Waals surface area contributed by atoms with Crippen LogP contribution in [0.2, 0.25) is 0 Å². The van der Waals surface area contributed by atoms with E-state index in [4.69, 9.17) is 15.2 Å². The van der Waals surface area contributed by atoms with E-state index in [1.807, 2.05) is 13.8 Å². The number of carbonyl (C=O) groups is 3. The average molecular weight is 480 g/mol. The first-order valence-corrected chi connectivity index (χ1v) is 11.6. The van der Waals surface area contributed by atoms with Gasteiger partial charge in [-0.25, -0.2) is 9.78 Å². The van der Waals surface area contributed by atoms with Crippen molar-refractivity contribution >= 4 is 28.6 Å². The molecule has 2 fully saturated rings. The number of carbonyl (C=O) groups excluding carboxylic acids is 3. The van der Waals surface area contributed by atoms with Crippen molar-refractivity contribution in [2.45, 2.75) is 38.8 Å². The summed E-state index contributed by atoms with van der Waals surface area (Å²) >= 11 is 0. The van der Waals surface area contributed by atoms with Crippen molar-refractivity contribution in [3.05, 3.63) is 29.5 Å². The second kappa shape index (κ2) is 10.1. The van der Waals surface area contributed by atoms with E-state index in [1.54, 1.807) is 30.3 Å². The van der Waals surface area contributed by atoms with Crippen molar-refractivity contribution in [1.82, 2.24) is 20.5 Å². The molecule has 2 saturated heterocycles. The molecule has 0 unspecified atom stereocenters. The number of urea groups is 1. The minimum Gasteiger partial charge on any atom is -0.490 e. The fourth-order valence-electron chi connectivity index (χ4n) is 4.06. The molecule has 0 radical (unpaired) electrons. The van der Waals surface area contributed by atoms with Gasteiger partial charge >= 0.3 is 6.03 Å². The number of benzene rings is 1. The number of pyridine rings is 1. The number of amides is 4. The maximum absolute atomic E-state index is 12.2. The first-order valence-electron chi connectivity index (χ1n) is 11.6. The van der Waals surface area contributed by atoms with Gasteiger partial charge in [-0.1, -0.05) is 11.8 Å². The summed E-state index contributed by atoms with van der Waals surface area (Å²) in [5.74, 6) is 6.46. The molecule has 0 aliphatic carbocycles. The van der Waals surface area contributed by atoms with Crippen molar-refractivity contribution in [3.63, 3.8) is 0 Å². The van der Waals surface area contributed by atoms with Crippen molar-refractivity contribution in [2.24, 2.45) is 11.7 Å². The molecular weight excluding hydrogens is 450 g/mol. The molecule has 10 nitrogen and oxygen atoms in total.